The smallest absolute Gasteiger partial charge is 0.161 e. The highest BCUT2D eigenvalue weighted by atomic mass is 16.7. The molecule has 0 aliphatic carbocycles. The van der Waals surface area contributed by atoms with E-state index in [0.717, 1.165) is 6.42 Å². The number of hydrogen-bond acceptors (Lipinski definition) is 2. The first-order valence-electron chi connectivity index (χ1n) is 6.28. The van der Waals surface area contributed by atoms with Crippen molar-refractivity contribution in [2.75, 3.05) is 0 Å². The van der Waals surface area contributed by atoms with Gasteiger partial charge < -0.3 is 9.47 Å². The Morgan fingerprint density at radius 2 is 1.67 bits per heavy atom. The van der Waals surface area contributed by atoms with Crippen LogP contribution in [0.15, 0.2) is 0 Å². The summed E-state index contributed by atoms with van der Waals surface area (Å²) in [7, 11) is 0. The second-order valence-corrected chi connectivity index (χ2v) is 5.21. The summed E-state index contributed by atoms with van der Waals surface area (Å²) in [6.45, 7) is 13.2. The molecule has 0 bridgehead atoms. The van der Waals surface area contributed by atoms with Gasteiger partial charge in [0.1, 0.15) is 0 Å². The average Bonchev–Trinajstić information content (AvgIpc) is 2.18. The Balaban J connectivity index is 2.65. The van der Waals surface area contributed by atoms with E-state index >= 15 is 0 Å². The highest BCUT2D eigenvalue weighted by molar-refractivity contribution is 4.82. The standard InChI is InChI=1S/C13H26O2/c1-7-12-10(5)9(4)11(6)13(15-12)14-8(2)3/h8-13H,7H2,1-6H3/t9-,10+,11?,12?,13-/m1/s1. The van der Waals surface area contributed by atoms with E-state index in [-0.39, 0.29) is 12.4 Å². The predicted molar refractivity (Wildman–Crippen MR) is 62.7 cm³/mol. The maximum Gasteiger partial charge on any atom is 0.161 e. The third-order valence-corrected chi connectivity index (χ3v) is 3.79. The second kappa shape index (κ2) is 5.31. The highest BCUT2D eigenvalue weighted by Crippen LogP contribution is 2.36. The van der Waals surface area contributed by atoms with Gasteiger partial charge in [-0.05, 0) is 32.1 Å². The van der Waals surface area contributed by atoms with Crippen LogP contribution in [0.3, 0.4) is 0 Å². The van der Waals surface area contributed by atoms with E-state index in [1.165, 1.54) is 0 Å². The first kappa shape index (κ1) is 13.0. The first-order valence-corrected chi connectivity index (χ1v) is 6.28. The normalized spacial score (nSPS) is 42.2. The third-order valence-electron chi connectivity index (χ3n) is 3.79. The van der Waals surface area contributed by atoms with Crippen molar-refractivity contribution in [3.63, 3.8) is 0 Å². The molecule has 5 atom stereocenters. The SMILES string of the molecule is CCC1O[C@@H](OC(C)C)C(C)[C@H](C)[C@@H]1C. The lowest BCUT2D eigenvalue weighted by Gasteiger charge is -2.43. The van der Waals surface area contributed by atoms with Crippen molar-refractivity contribution in [3.05, 3.63) is 0 Å². The molecule has 15 heavy (non-hydrogen) atoms. The van der Waals surface area contributed by atoms with Crippen molar-refractivity contribution >= 4 is 0 Å². The molecule has 1 aliphatic rings. The molecule has 1 saturated heterocycles. The number of rotatable bonds is 3. The first-order chi connectivity index (χ1) is 6.97. The van der Waals surface area contributed by atoms with Crippen molar-refractivity contribution in [2.45, 2.75) is 66.5 Å². The van der Waals surface area contributed by atoms with E-state index in [1.54, 1.807) is 0 Å². The van der Waals surface area contributed by atoms with E-state index in [0.29, 0.717) is 23.9 Å². The van der Waals surface area contributed by atoms with Gasteiger partial charge in [0.15, 0.2) is 6.29 Å². The van der Waals surface area contributed by atoms with Crippen molar-refractivity contribution < 1.29 is 9.47 Å². The van der Waals surface area contributed by atoms with Crippen LogP contribution in [-0.2, 0) is 9.47 Å². The van der Waals surface area contributed by atoms with Crippen molar-refractivity contribution in [3.8, 4) is 0 Å². The molecule has 1 heterocycles. The highest BCUT2D eigenvalue weighted by Gasteiger charge is 2.38. The summed E-state index contributed by atoms with van der Waals surface area (Å²) in [6.07, 6.45) is 1.67. The molecule has 0 aromatic rings. The molecule has 2 nitrogen and oxygen atoms in total. The van der Waals surface area contributed by atoms with Crippen LogP contribution in [0.5, 0.6) is 0 Å². The summed E-state index contributed by atoms with van der Waals surface area (Å²) < 4.78 is 11.9. The van der Waals surface area contributed by atoms with Gasteiger partial charge in [0.05, 0.1) is 12.2 Å². The van der Waals surface area contributed by atoms with Gasteiger partial charge in [-0.1, -0.05) is 27.7 Å². The minimum Gasteiger partial charge on any atom is -0.350 e. The molecule has 0 N–H and O–H groups in total. The van der Waals surface area contributed by atoms with Crippen LogP contribution >= 0.6 is 0 Å². The molecule has 0 saturated carbocycles. The van der Waals surface area contributed by atoms with E-state index in [9.17, 15) is 0 Å². The monoisotopic (exact) mass is 214 g/mol. The Morgan fingerprint density at radius 1 is 1.07 bits per heavy atom. The Morgan fingerprint density at radius 3 is 2.13 bits per heavy atom. The maximum absolute atomic E-state index is 6.02. The molecule has 0 aromatic carbocycles. The third kappa shape index (κ3) is 2.94. The topological polar surface area (TPSA) is 18.5 Å². The zero-order valence-corrected chi connectivity index (χ0v) is 11.0. The fourth-order valence-corrected chi connectivity index (χ4v) is 2.38. The van der Waals surface area contributed by atoms with Crippen LogP contribution in [0.2, 0.25) is 0 Å². The van der Waals surface area contributed by atoms with Crippen LogP contribution in [0.1, 0.15) is 48.0 Å². The molecular formula is C13H26O2. The fourth-order valence-electron chi connectivity index (χ4n) is 2.38. The summed E-state index contributed by atoms with van der Waals surface area (Å²) in [6, 6.07) is 0. The molecule has 2 heteroatoms. The lowest BCUT2D eigenvalue weighted by atomic mass is 9.78. The minimum atomic E-state index is -0.0128. The van der Waals surface area contributed by atoms with Gasteiger partial charge in [0.2, 0.25) is 0 Å². The molecule has 0 aromatic heterocycles. The fraction of sp³-hybridized carbons (Fsp3) is 1.00. The van der Waals surface area contributed by atoms with Gasteiger partial charge in [-0.25, -0.2) is 0 Å². The summed E-state index contributed by atoms with van der Waals surface area (Å²) in [4.78, 5) is 0. The Hall–Kier alpha value is -0.0800. The molecule has 0 amide bonds. The van der Waals surface area contributed by atoms with E-state index in [4.69, 9.17) is 9.47 Å². The molecular weight excluding hydrogens is 188 g/mol. The van der Waals surface area contributed by atoms with Crippen LogP contribution < -0.4 is 0 Å². The van der Waals surface area contributed by atoms with Gasteiger partial charge in [0, 0.05) is 5.92 Å². The predicted octanol–water partition coefficient (Wildman–Crippen LogP) is 3.45. The van der Waals surface area contributed by atoms with Crippen molar-refractivity contribution in [1.29, 1.82) is 0 Å². The van der Waals surface area contributed by atoms with E-state index in [2.05, 4.69) is 41.5 Å². The molecule has 1 rings (SSSR count). The Labute approximate surface area is 94.3 Å². The minimum absolute atomic E-state index is 0.0128. The molecule has 0 radical (unpaired) electrons. The zero-order valence-electron chi connectivity index (χ0n) is 11.0. The summed E-state index contributed by atoms with van der Waals surface area (Å²) in [5.74, 6) is 1.80. The Kier molecular flexibility index (Phi) is 4.60. The summed E-state index contributed by atoms with van der Waals surface area (Å²) >= 11 is 0. The molecule has 90 valence electrons. The Bertz CT molecular complexity index is 189. The van der Waals surface area contributed by atoms with Crippen LogP contribution in [0.25, 0.3) is 0 Å². The van der Waals surface area contributed by atoms with Gasteiger partial charge in [-0.2, -0.15) is 0 Å². The van der Waals surface area contributed by atoms with Gasteiger partial charge in [0.25, 0.3) is 0 Å². The lowest BCUT2D eigenvalue weighted by Crippen LogP contribution is -2.46. The second-order valence-electron chi connectivity index (χ2n) is 5.21. The molecule has 1 aliphatic heterocycles. The van der Waals surface area contributed by atoms with Gasteiger partial charge >= 0.3 is 0 Å². The molecule has 2 unspecified atom stereocenters. The average molecular weight is 214 g/mol. The van der Waals surface area contributed by atoms with Crippen molar-refractivity contribution in [1.82, 2.24) is 0 Å². The molecule has 1 fully saturated rings. The summed E-state index contributed by atoms with van der Waals surface area (Å²) in [5, 5.41) is 0. The lowest BCUT2D eigenvalue weighted by molar-refractivity contribution is -0.259. The molecule has 0 spiro atoms. The van der Waals surface area contributed by atoms with Crippen molar-refractivity contribution in [2.24, 2.45) is 17.8 Å². The number of hydrogen-bond donors (Lipinski definition) is 0. The largest absolute Gasteiger partial charge is 0.350 e. The van der Waals surface area contributed by atoms with Gasteiger partial charge in [-0.3, -0.25) is 0 Å². The maximum atomic E-state index is 6.02. The summed E-state index contributed by atoms with van der Waals surface area (Å²) in [5.41, 5.74) is 0. The van der Waals surface area contributed by atoms with Crippen LogP contribution in [-0.4, -0.2) is 18.5 Å². The van der Waals surface area contributed by atoms with E-state index in [1.807, 2.05) is 0 Å². The number of ether oxygens (including phenoxy) is 2. The zero-order chi connectivity index (χ0) is 11.6. The van der Waals surface area contributed by atoms with Crippen LogP contribution in [0, 0.1) is 17.8 Å². The van der Waals surface area contributed by atoms with E-state index < -0.39 is 0 Å². The quantitative estimate of drug-likeness (QED) is 0.716. The van der Waals surface area contributed by atoms with Gasteiger partial charge in [-0.15, -0.1) is 0 Å². The van der Waals surface area contributed by atoms with Crippen LogP contribution in [0.4, 0.5) is 0 Å².